The van der Waals surface area contributed by atoms with Crippen LogP contribution in [-0.2, 0) is 11.2 Å². The lowest BCUT2D eigenvalue weighted by atomic mass is 9.84. The molecule has 5 heteroatoms. The maximum absolute atomic E-state index is 12.3. The second-order valence-electron chi connectivity index (χ2n) is 5.48. The fraction of sp³-hybridized carbons (Fsp3) is 0.562. The fourth-order valence-corrected chi connectivity index (χ4v) is 2.09. The van der Waals surface area contributed by atoms with Gasteiger partial charge in [-0.3, -0.25) is 4.79 Å². The predicted molar refractivity (Wildman–Crippen MR) is 89.3 cm³/mol. The summed E-state index contributed by atoms with van der Waals surface area (Å²) in [7, 11) is 1.66. The zero-order valence-electron chi connectivity index (χ0n) is 13.4. The van der Waals surface area contributed by atoms with Crippen molar-refractivity contribution in [3.8, 4) is 5.75 Å². The average Bonchev–Trinajstić information content (AvgIpc) is 2.43. The van der Waals surface area contributed by atoms with Gasteiger partial charge in [0.2, 0.25) is 5.91 Å². The Balaban J connectivity index is 0.00000400. The summed E-state index contributed by atoms with van der Waals surface area (Å²) >= 11 is 0. The van der Waals surface area contributed by atoms with E-state index in [0.29, 0.717) is 13.0 Å². The highest BCUT2D eigenvalue weighted by Crippen LogP contribution is 2.27. The summed E-state index contributed by atoms with van der Waals surface area (Å²) in [6.07, 6.45) is 0.657. The largest absolute Gasteiger partial charge is 0.496 e. The predicted octanol–water partition coefficient (Wildman–Crippen LogP) is 2.41. The van der Waals surface area contributed by atoms with Gasteiger partial charge in [0.05, 0.1) is 7.11 Å². The van der Waals surface area contributed by atoms with E-state index in [9.17, 15) is 4.79 Å². The second kappa shape index (κ2) is 9.64. The highest BCUT2D eigenvalue weighted by molar-refractivity contribution is 5.85. The van der Waals surface area contributed by atoms with Crippen LogP contribution in [0.15, 0.2) is 24.3 Å². The molecule has 1 rings (SSSR count). The van der Waals surface area contributed by atoms with Gasteiger partial charge in [-0.2, -0.15) is 0 Å². The van der Waals surface area contributed by atoms with Crippen molar-refractivity contribution in [2.45, 2.75) is 27.2 Å². The summed E-state index contributed by atoms with van der Waals surface area (Å²) in [5.41, 5.74) is 0.600. The number of halogens is 1. The summed E-state index contributed by atoms with van der Waals surface area (Å²) < 4.78 is 5.34. The minimum Gasteiger partial charge on any atom is -0.496 e. The number of rotatable bonds is 8. The van der Waals surface area contributed by atoms with E-state index in [1.807, 2.05) is 45.0 Å². The van der Waals surface area contributed by atoms with Crippen LogP contribution in [0, 0.1) is 5.41 Å². The minimum absolute atomic E-state index is 0. The molecular formula is C16H27ClN2O2. The monoisotopic (exact) mass is 314 g/mol. The Labute approximate surface area is 134 Å². The zero-order valence-corrected chi connectivity index (χ0v) is 14.2. The molecule has 0 aromatic heterocycles. The molecule has 0 atom stereocenters. The van der Waals surface area contributed by atoms with Gasteiger partial charge in [-0.05, 0) is 24.6 Å². The Morgan fingerprint density at radius 1 is 1.24 bits per heavy atom. The molecule has 1 aromatic carbocycles. The summed E-state index contributed by atoms with van der Waals surface area (Å²) in [5.74, 6) is 0.905. The van der Waals surface area contributed by atoms with Gasteiger partial charge in [0.15, 0.2) is 0 Å². The van der Waals surface area contributed by atoms with E-state index in [4.69, 9.17) is 4.74 Å². The van der Waals surface area contributed by atoms with Gasteiger partial charge in [0, 0.05) is 18.5 Å². The lowest BCUT2D eigenvalue weighted by Gasteiger charge is -2.24. The second-order valence-corrected chi connectivity index (χ2v) is 5.48. The van der Waals surface area contributed by atoms with Gasteiger partial charge in [0.1, 0.15) is 5.75 Å². The molecule has 0 spiro atoms. The standard InChI is InChI=1S/C16H26N2O2.ClH/c1-5-17-10-11-18-15(19)16(2,3)12-13-8-6-7-9-14(13)20-4;/h6-9,17H,5,10-12H2,1-4H3,(H,18,19);1H. The van der Waals surface area contributed by atoms with E-state index >= 15 is 0 Å². The van der Waals surface area contributed by atoms with Crippen molar-refractivity contribution in [3.05, 3.63) is 29.8 Å². The number of benzene rings is 1. The molecule has 2 N–H and O–H groups in total. The van der Waals surface area contributed by atoms with Crippen molar-refractivity contribution in [1.82, 2.24) is 10.6 Å². The lowest BCUT2D eigenvalue weighted by molar-refractivity contribution is -0.129. The quantitative estimate of drug-likeness (QED) is 0.725. The van der Waals surface area contributed by atoms with Gasteiger partial charge in [-0.15, -0.1) is 12.4 Å². The number of ether oxygens (including phenoxy) is 1. The first-order valence-corrected chi connectivity index (χ1v) is 7.12. The van der Waals surface area contributed by atoms with Crippen LogP contribution in [-0.4, -0.2) is 32.7 Å². The van der Waals surface area contributed by atoms with Crippen LogP contribution >= 0.6 is 12.4 Å². The molecule has 0 fully saturated rings. The van der Waals surface area contributed by atoms with Crippen molar-refractivity contribution in [2.24, 2.45) is 5.41 Å². The zero-order chi connectivity index (χ0) is 15.0. The highest BCUT2D eigenvalue weighted by atomic mass is 35.5. The third kappa shape index (κ3) is 6.36. The van der Waals surface area contributed by atoms with Crippen LogP contribution in [0.1, 0.15) is 26.3 Å². The Morgan fingerprint density at radius 2 is 1.90 bits per heavy atom. The molecule has 0 aliphatic rings. The van der Waals surface area contributed by atoms with Crippen molar-refractivity contribution in [3.63, 3.8) is 0 Å². The Morgan fingerprint density at radius 3 is 2.52 bits per heavy atom. The Kier molecular flexibility index (Phi) is 9.06. The van der Waals surface area contributed by atoms with Crippen LogP contribution in [0.5, 0.6) is 5.75 Å². The molecule has 1 amide bonds. The van der Waals surface area contributed by atoms with Crippen LogP contribution < -0.4 is 15.4 Å². The Bertz CT molecular complexity index is 436. The topological polar surface area (TPSA) is 50.4 Å². The molecule has 1 aromatic rings. The average molecular weight is 315 g/mol. The minimum atomic E-state index is -0.457. The summed E-state index contributed by atoms with van der Waals surface area (Å²) in [6, 6.07) is 7.84. The van der Waals surface area contributed by atoms with Crippen LogP contribution in [0.4, 0.5) is 0 Å². The molecule has 120 valence electrons. The first kappa shape index (κ1) is 19.7. The number of carbonyl (C=O) groups is 1. The molecule has 0 heterocycles. The van der Waals surface area contributed by atoms with Crippen LogP contribution in [0.25, 0.3) is 0 Å². The SMILES string of the molecule is CCNCCNC(=O)C(C)(C)Cc1ccccc1OC.Cl. The van der Waals surface area contributed by atoms with Crippen LogP contribution in [0.2, 0.25) is 0 Å². The molecule has 0 aliphatic carbocycles. The third-order valence-electron chi connectivity index (χ3n) is 3.28. The molecule has 0 aliphatic heterocycles. The summed E-state index contributed by atoms with van der Waals surface area (Å²) in [6.45, 7) is 8.34. The van der Waals surface area contributed by atoms with Crippen molar-refractivity contribution < 1.29 is 9.53 Å². The normalized spacial score (nSPS) is 10.7. The number of nitrogens with one attached hydrogen (secondary N) is 2. The van der Waals surface area contributed by atoms with E-state index in [2.05, 4.69) is 10.6 Å². The lowest BCUT2D eigenvalue weighted by Crippen LogP contribution is -2.41. The van der Waals surface area contributed by atoms with E-state index < -0.39 is 5.41 Å². The number of carbonyl (C=O) groups excluding carboxylic acids is 1. The number of hydrogen-bond donors (Lipinski definition) is 2. The van der Waals surface area contributed by atoms with Crippen molar-refractivity contribution in [1.29, 1.82) is 0 Å². The maximum atomic E-state index is 12.3. The molecular weight excluding hydrogens is 288 g/mol. The molecule has 0 bridgehead atoms. The summed E-state index contributed by atoms with van der Waals surface area (Å²) in [5, 5.41) is 6.16. The number of methoxy groups -OCH3 is 1. The number of likely N-dealkylation sites (N-methyl/N-ethyl adjacent to an activating group) is 1. The van der Waals surface area contributed by atoms with Crippen LogP contribution in [0.3, 0.4) is 0 Å². The molecule has 0 saturated carbocycles. The van der Waals surface area contributed by atoms with Gasteiger partial charge in [0.25, 0.3) is 0 Å². The number of para-hydroxylation sites is 1. The Hall–Kier alpha value is -1.26. The maximum Gasteiger partial charge on any atom is 0.226 e. The highest BCUT2D eigenvalue weighted by Gasteiger charge is 2.28. The first-order chi connectivity index (χ1) is 9.51. The van der Waals surface area contributed by atoms with Gasteiger partial charge >= 0.3 is 0 Å². The van der Waals surface area contributed by atoms with E-state index in [0.717, 1.165) is 24.4 Å². The van der Waals surface area contributed by atoms with E-state index in [1.54, 1.807) is 7.11 Å². The van der Waals surface area contributed by atoms with Gasteiger partial charge in [-0.25, -0.2) is 0 Å². The van der Waals surface area contributed by atoms with E-state index in [-0.39, 0.29) is 18.3 Å². The van der Waals surface area contributed by atoms with Gasteiger partial charge < -0.3 is 15.4 Å². The number of hydrogen-bond acceptors (Lipinski definition) is 3. The fourth-order valence-electron chi connectivity index (χ4n) is 2.09. The molecule has 0 unspecified atom stereocenters. The smallest absolute Gasteiger partial charge is 0.226 e. The van der Waals surface area contributed by atoms with Crippen molar-refractivity contribution >= 4 is 18.3 Å². The summed E-state index contributed by atoms with van der Waals surface area (Å²) in [4.78, 5) is 12.3. The first-order valence-electron chi connectivity index (χ1n) is 7.12. The van der Waals surface area contributed by atoms with Gasteiger partial charge in [-0.1, -0.05) is 39.0 Å². The molecule has 0 saturated heterocycles. The van der Waals surface area contributed by atoms with E-state index in [1.165, 1.54) is 0 Å². The molecule has 21 heavy (non-hydrogen) atoms. The number of amides is 1. The third-order valence-corrected chi connectivity index (χ3v) is 3.28. The molecule has 4 nitrogen and oxygen atoms in total. The molecule has 0 radical (unpaired) electrons. The van der Waals surface area contributed by atoms with Crippen molar-refractivity contribution in [2.75, 3.05) is 26.7 Å².